The normalized spacial score (nSPS) is 10.7. The molecule has 4 rings (SSSR count). The largest absolute Gasteiger partial charge is 0.284 e. The smallest absolute Gasteiger partial charge is 0.260 e. The van der Waals surface area contributed by atoms with E-state index in [1.54, 1.807) is 23.2 Å². The molecule has 4 aromatic rings. The molecule has 0 bridgehead atoms. The van der Waals surface area contributed by atoms with Crippen LogP contribution < -0.4 is 4.90 Å². The Labute approximate surface area is 178 Å². The van der Waals surface area contributed by atoms with E-state index in [2.05, 4.69) is 17.1 Å². The first-order chi connectivity index (χ1) is 14.2. The fraction of sp³-hybridized carbons (Fsp3) is 0.0870. The van der Waals surface area contributed by atoms with Crippen LogP contribution in [0, 0.1) is 0 Å². The second-order valence-corrected chi connectivity index (χ2v) is 7.66. The number of hydrogen-bond donors (Lipinski definition) is 0. The maximum atomic E-state index is 13.3. The Bertz CT molecular complexity index is 1100. The first kappa shape index (κ1) is 19.3. The van der Waals surface area contributed by atoms with Crippen LogP contribution in [-0.4, -0.2) is 22.4 Å². The summed E-state index contributed by atoms with van der Waals surface area (Å²) in [6.07, 6.45) is 2.27. The predicted molar refractivity (Wildman–Crippen MR) is 119 cm³/mol. The van der Waals surface area contributed by atoms with Gasteiger partial charge in [0.05, 0.1) is 5.69 Å². The van der Waals surface area contributed by atoms with E-state index in [-0.39, 0.29) is 5.91 Å². The van der Waals surface area contributed by atoms with Crippen molar-refractivity contribution in [1.29, 1.82) is 0 Å². The van der Waals surface area contributed by atoms with Crippen LogP contribution in [0.15, 0.2) is 84.4 Å². The van der Waals surface area contributed by atoms with Gasteiger partial charge in [-0.15, -0.1) is 11.3 Å². The molecule has 1 amide bonds. The second kappa shape index (κ2) is 8.99. The molecule has 0 saturated heterocycles. The second-order valence-electron chi connectivity index (χ2n) is 6.44. The maximum Gasteiger partial charge on any atom is 0.260 e. The molecular formula is C23H18ClN3OS. The van der Waals surface area contributed by atoms with Crippen molar-refractivity contribution in [2.75, 3.05) is 11.4 Å². The fourth-order valence-corrected chi connectivity index (χ4v) is 4.02. The van der Waals surface area contributed by atoms with Crippen molar-refractivity contribution in [3.05, 3.63) is 101 Å². The zero-order chi connectivity index (χ0) is 20.1. The van der Waals surface area contributed by atoms with Crippen molar-refractivity contribution in [3.63, 3.8) is 0 Å². The third kappa shape index (κ3) is 4.70. The molecule has 6 heteroatoms. The SMILES string of the molecule is O=C(c1ccnc(Cl)c1)N(CCc1ccccc1)c1nc(-c2ccccc2)cs1. The highest BCUT2D eigenvalue weighted by Crippen LogP contribution is 2.28. The number of halogens is 1. The fourth-order valence-electron chi connectivity index (χ4n) is 2.99. The van der Waals surface area contributed by atoms with Gasteiger partial charge < -0.3 is 0 Å². The third-order valence-corrected chi connectivity index (χ3v) is 5.55. The van der Waals surface area contributed by atoms with Crippen LogP contribution in [-0.2, 0) is 6.42 Å². The molecule has 0 aliphatic heterocycles. The highest BCUT2D eigenvalue weighted by molar-refractivity contribution is 7.14. The van der Waals surface area contributed by atoms with Crippen molar-refractivity contribution < 1.29 is 4.79 Å². The van der Waals surface area contributed by atoms with Gasteiger partial charge in [-0.05, 0) is 24.1 Å². The lowest BCUT2D eigenvalue weighted by atomic mass is 10.1. The van der Waals surface area contributed by atoms with Crippen LogP contribution in [0.25, 0.3) is 11.3 Å². The Hall–Kier alpha value is -3.02. The molecule has 29 heavy (non-hydrogen) atoms. The summed E-state index contributed by atoms with van der Waals surface area (Å²) in [4.78, 5) is 23.7. The Morgan fingerprint density at radius 3 is 2.45 bits per heavy atom. The topological polar surface area (TPSA) is 46.1 Å². The number of amides is 1. The van der Waals surface area contributed by atoms with Crippen LogP contribution in [0.1, 0.15) is 15.9 Å². The summed E-state index contributed by atoms with van der Waals surface area (Å²) in [5.74, 6) is -0.140. The van der Waals surface area contributed by atoms with E-state index in [0.717, 1.165) is 23.2 Å². The van der Waals surface area contributed by atoms with E-state index >= 15 is 0 Å². The maximum absolute atomic E-state index is 13.3. The van der Waals surface area contributed by atoms with Crippen LogP contribution in [0.5, 0.6) is 0 Å². The van der Waals surface area contributed by atoms with Crippen molar-refractivity contribution in [1.82, 2.24) is 9.97 Å². The summed E-state index contributed by atoms with van der Waals surface area (Å²) in [5.41, 5.74) is 3.54. The van der Waals surface area contributed by atoms with Gasteiger partial charge in [0.15, 0.2) is 5.13 Å². The zero-order valence-electron chi connectivity index (χ0n) is 15.5. The first-order valence-electron chi connectivity index (χ1n) is 9.19. The van der Waals surface area contributed by atoms with Gasteiger partial charge in [0.2, 0.25) is 0 Å². The number of carbonyl (C=O) groups excluding carboxylic acids is 1. The molecule has 0 fully saturated rings. The van der Waals surface area contributed by atoms with Crippen molar-refractivity contribution in [2.45, 2.75) is 6.42 Å². The minimum absolute atomic E-state index is 0.140. The number of hydrogen-bond acceptors (Lipinski definition) is 4. The standard InChI is InChI=1S/C23H18ClN3OS/c24-21-15-19(11-13-25-21)22(28)27(14-12-17-7-3-1-4-8-17)23-26-20(16-29-23)18-9-5-2-6-10-18/h1-11,13,15-16H,12,14H2. The van der Waals surface area contributed by atoms with Gasteiger partial charge in [-0.25, -0.2) is 9.97 Å². The summed E-state index contributed by atoms with van der Waals surface area (Å²) in [7, 11) is 0. The van der Waals surface area contributed by atoms with Crippen LogP contribution in [0.4, 0.5) is 5.13 Å². The molecule has 0 saturated carbocycles. The van der Waals surface area contributed by atoms with Crippen molar-refractivity contribution in [2.24, 2.45) is 0 Å². The third-order valence-electron chi connectivity index (χ3n) is 4.48. The van der Waals surface area contributed by atoms with Crippen molar-refractivity contribution in [3.8, 4) is 11.3 Å². The Morgan fingerprint density at radius 2 is 1.72 bits per heavy atom. The lowest BCUT2D eigenvalue weighted by molar-refractivity contribution is 0.0987. The molecule has 2 heterocycles. The van der Waals surface area contributed by atoms with Crippen LogP contribution in [0.3, 0.4) is 0 Å². The summed E-state index contributed by atoms with van der Waals surface area (Å²) in [6, 6.07) is 23.3. The van der Waals surface area contributed by atoms with Gasteiger partial charge in [0, 0.05) is 29.2 Å². The molecule has 0 radical (unpaired) electrons. The highest BCUT2D eigenvalue weighted by atomic mass is 35.5. The molecule has 2 aromatic carbocycles. The summed E-state index contributed by atoms with van der Waals surface area (Å²) in [6.45, 7) is 0.518. The summed E-state index contributed by atoms with van der Waals surface area (Å²) >= 11 is 7.46. The number of aromatic nitrogens is 2. The minimum atomic E-state index is -0.140. The van der Waals surface area contributed by atoms with Gasteiger partial charge in [-0.1, -0.05) is 72.3 Å². The van der Waals surface area contributed by atoms with Gasteiger partial charge in [0.1, 0.15) is 5.15 Å². The Kier molecular flexibility index (Phi) is 5.98. The number of thiazole rings is 1. The van der Waals surface area contributed by atoms with Gasteiger partial charge >= 0.3 is 0 Å². The van der Waals surface area contributed by atoms with Crippen LogP contribution in [0.2, 0.25) is 5.15 Å². The number of benzene rings is 2. The van der Waals surface area contributed by atoms with E-state index < -0.39 is 0 Å². The molecule has 0 unspecified atom stereocenters. The number of carbonyl (C=O) groups is 1. The predicted octanol–water partition coefficient (Wildman–Crippen LogP) is 5.75. The first-order valence-corrected chi connectivity index (χ1v) is 10.4. The molecule has 0 atom stereocenters. The lowest BCUT2D eigenvalue weighted by Crippen LogP contribution is -2.33. The van der Waals surface area contributed by atoms with Gasteiger partial charge in [-0.2, -0.15) is 0 Å². The number of pyridine rings is 1. The minimum Gasteiger partial charge on any atom is -0.284 e. The van der Waals surface area contributed by atoms with E-state index in [1.807, 2.05) is 53.9 Å². The van der Waals surface area contributed by atoms with E-state index in [9.17, 15) is 4.79 Å². The zero-order valence-corrected chi connectivity index (χ0v) is 17.1. The monoisotopic (exact) mass is 419 g/mol. The molecule has 0 aliphatic rings. The van der Waals surface area contributed by atoms with E-state index in [1.165, 1.54) is 11.3 Å². The average molecular weight is 420 g/mol. The average Bonchev–Trinajstić information content (AvgIpc) is 3.25. The number of rotatable bonds is 6. The van der Waals surface area contributed by atoms with E-state index in [4.69, 9.17) is 16.6 Å². The Balaban J connectivity index is 1.64. The highest BCUT2D eigenvalue weighted by Gasteiger charge is 2.21. The summed E-state index contributed by atoms with van der Waals surface area (Å²) in [5, 5.41) is 2.94. The number of anilines is 1. The van der Waals surface area contributed by atoms with E-state index in [0.29, 0.717) is 22.4 Å². The Morgan fingerprint density at radius 1 is 1.00 bits per heavy atom. The molecule has 2 aromatic heterocycles. The summed E-state index contributed by atoms with van der Waals surface area (Å²) < 4.78 is 0. The molecule has 0 N–H and O–H groups in total. The molecule has 0 spiro atoms. The van der Waals surface area contributed by atoms with Crippen LogP contribution >= 0.6 is 22.9 Å². The molecule has 0 aliphatic carbocycles. The van der Waals surface area contributed by atoms with Gasteiger partial charge in [-0.3, -0.25) is 9.69 Å². The molecule has 4 nitrogen and oxygen atoms in total. The quantitative estimate of drug-likeness (QED) is 0.374. The molecular weight excluding hydrogens is 402 g/mol. The van der Waals surface area contributed by atoms with Gasteiger partial charge in [0.25, 0.3) is 5.91 Å². The molecule has 144 valence electrons. The van der Waals surface area contributed by atoms with Crippen molar-refractivity contribution >= 4 is 34.0 Å². The lowest BCUT2D eigenvalue weighted by Gasteiger charge is -2.20. The number of nitrogens with zero attached hydrogens (tertiary/aromatic N) is 3.